The molecule has 4 N–H and O–H groups in total. The molecule has 0 aromatic heterocycles. The van der Waals surface area contributed by atoms with Crippen LogP contribution in [0.25, 0.3) is 0 Å². The molecular weight excluding hydrogens is 196 g/mol. The number of para-hydroxylation sites is 1. The summed E-state index contributed by atoms with van der Waals surface area (Å²) in [7, 11) is 1.67. The lowest BCUT2D eigenvalue weighted by Crippen LogP contribution is -2.36. The Morgan fingerprint density at radius 3 is 2.71 bits per heavy atom. The van der Waals surface area contributed by atoms with Gasteiger partial charge in [0.05, 0.1) is 5.69 Å². The second-order valence-corrected chi connectivity index (χ2v) is 3.39. The van der Waals surface area contributed by atoms with Crippen LogP contribution in [0, 0.1) is 0 Å². The first-order valence-corrected chi connectivity index (χ1v) is 5.37. The Labute approximate surface area is 88.0 Å². The molecule has 1 rings (SSSR count). The van der Waals surface area contributed by atoms with Gasteiger partial charge >= 0.3 is 0 Å². The van der Waals surface area contributed by atoms with Crippen molar-refractivity contribution in [1.82, 2.24) is 5.43 Å². The quantitative estimate of drug-likeness (QED) is 0.226. The van der Waals surface area contributed by atoms with Gasteiger partial charge in [0.15, 0.2) is 0 Å². The summed E-state index contributed by atoms with van der Waals surface area (Å²) in [5, 5.41) is 3.09. The lowest BCUT2D eigenvalue weighted by Gasteiger charge is -2.11. The molecule has 0 fully saturated rings. The number of nitrogens with two attached hydrogens (primary N) is 1. The minimum Gasteiger partial charge on any atom is -0.324 e. The summed E-state index contributed by atoms with van der Waals surface area (Å²) >= 11 is 1.67. The number of benzene rings is 1. The highest BCUT2D eigenvalue weighted by molar-refractivity contribution is 7.98. The van der Waals surface area contributed by atoms with Gasteiger partial charge in [0.2, 0.25) is 5.96 Å². The van der Waals surface area contributed by atoms with Crippen LogP contribution in [0.4, 0.5) is 5.69 Å². The number of rotatable bonds is 2. The van der Waals surface area contributed by atoms with Crippen LogP contribution in [-0.4, -0.2) is 19.3 Å². The van der Waals surface area contributed by atoms with Gasteiger partial charge in [-0.1, -0.05) is 12.1 Å². The molecule has 1 aromatic carbocycles. The molecule has 4 nitrogen and oxygen atoms in total. The second-order valence-electron chi connectivity index (χ2n) is 2.54. The number of nitrogens with one attached hydrogen (secondary N) is 2. The lowest BCUT2D eigenvalue weighted by molar-refractivity contribution is 1.01. The van der Waals surface area contributed by atoms with Crippen LogP contribution in [0.2, 0.25) is 0 Å². The van der Waals surface area contributed by atoms with Crippen LogP contribution in [-0.2, 0) is 0 Å². The molecule has 0 aliphatic carbocycles. The van der Waals surface area contributed by atoms with Gasteiger partial charge < -0.3 is 5.32 Å². The Morgan fingerprint density at radius 2 is 2.14 bits per heavy atom. The maximum absolute atomic E-state index is 5.27. The average molecular weight is 210 g/mol. The molecule has 0 unspecified atom stereocenters. The fourth-order valence-corrected chi connectivity index (χ4v) is 1.59. The first-order chi connectivity index (χ1) is 6.81. The summed E-state index contributed by atoms with van der Waals surface area (Å²) in [5.41, 5.74) is 3.48. The molecule has 0 radical (unpaired) electrons. The molecule has 0 heterocycles. The summed E-state index contributed by atoms with van der Waals surface area (Å²) in [6.45, 7) is 0. The Bertz CT molecular complexity index is 324. The monoisotopic (exact) mass is 210 g/mol. The van der Waals surface area contributed by atoms with E-state index in [9.17, 15) is 0 Å². The van der Waals surface area contributed by atoms with Crippen LogP contribution in [0.5, 0.6) is 0 Å². The van der Waals surface area contributed by atoms with Crippen molar-refractivity contribution in [2.75, 3.05) is 18.6 Å². The molecule has 14 heavy (non-hydrogen) atoms. The third kappa shape index (κ3) is 2.65. The normalized spacial score (nSPS) is 11.2. The SMILES string of the molecule is CN=C(NN)Nc1ccccc1SC. The van der Waals surface area contributed by atoms with E-state index in [-0.39, 0.29) is 0 Å². The molecule has 0 atom stereocenters. The molecule has 0 bridgehead atoms. The van der Waals surface area contributed by atoms with Crippen molar-refractivity contribution in [3.63, 3.8) is 0 Å². The topological polar surface area (TPSA) is 62.4 Å². The van der Waals surface area contributed by atoms with Gasteiger partial charge in [-0.15, -0.1) is 11.8 Å². The summed E-state index contributed by atoms with van der Waals surface area (Å²) in [6.07, 6.45) is 2.03. The standard InChI is InChI=1S/C9H14N4S/c1-11-9(13-10)12-7-5-3-4-6-8(7)14-2/h3-6H,10H2,1-2H3,(H2,11,12,13). The van der Waals surface area contributed by atoms with Crippen LogP contribution in [0.3, 0.4) is 0 Å². The number of hydrazine groups is 1. The zero-order chi connectivity index (χ0) is 10.4. The fourth-order valence-electron chi connectivity index (χ4n) is 1.03. The van der Waals surface area contributed by atoms with Gasteiger partial charge in [-0.25, -0.2) is 5.84 Å². The number of anilines is 1. The van der Waals surface area contributed by atoms with E-state index in [0.29, 0.717) is 5.96 Å². The van der Waals surface area contributed by atoms with E-state index in [0.717, 1.165) is 10.6 Å². The Hall–Kier alpha value is -1.20. The van der Waals surface area contributed by atoms with Crippen LogP contribution in [0.1, 0.15) is 0 Å². The van der Waals surface area contributed by atoms with Crippen molar-refractivity contribution in [1.29, 1.82) is 0 Å². The Kier molecular flexibility index (Phi) is 4.28. The minimum atomic E-state index is 0.548. The molecule has 76 valence electrons. The van der Waals surface area contributed by atoms with Crippen LogP contribution >= 0.6 is 11.8 Å². The van der Waals surface area contributed by atoms with E-state index >= 15 is 0 Å². The zero-order valence-electron chi connectivity index (χ0n) is 8.24. The smallest absolute Gasteiger partial charge is 0.210 e. The maximum atomic E-state index is 5.27. The Morgan fingerprint density at radius 1 is 1.43 bits per heavy atom. The summed E-state index contributed by atoms with van der Waals surface area (Å²) < 4.78 is 0. The Balaban J connectivity index is 2.85. The maximum Gasteiger partial charge on any atom is 0.210 e. The van der Waals surface area contributed by atoms with Gasteiger partial charge in [-0.05, 0) is 18.4 Å². The van der Waals surface area contributed by atoms with Crippen LogP contribution in [0.15, 0.2) is 34.2 Å². The average Bonchev–Trinajstić information content (AvgIpc) is 2.26. The number of thioether (sulfide) groups is 1. The van der Waals surface area contributed by atoms with Crippen molar-refractivity contribution in [2.24, 2.45) is 10.8 Å². The van der Waals surface area contributed by atoms with Gasteiger partial charge in [0.1, 0.15) is 0 Å². The first kappa shape index (κ1) is 10.9. The van der Waals surface area contributed by atoms with E-state index < -0.39 is 0 Å². The van der Waals surface area contributed by atoms with Crippen molar-refractivity contribution in [3.8, 4) is 0 Å². The first-order valence-electron chi connectivity index (χ1n) is 4.15. The van der Waals surface area contributed by atoms with Crippen molar-refractivity contribution < 1.29 is 0 Å². The lowest BCUT2D eigenvalue weighted by atomic mass is 10.3. The van der Waals surface area contributed by atoms with Crippen LogP contribution < -0.4 is 16.6 Å². The number of nitrogens with zero attached hydrogens (tertiary/aromatic N) is 1. The third-order valence-corrected chi connectivity index (χ3v) is 2.52. The van der Waals surface area contributed by atoms with E-state index in [4.69, 9.17) is 5.84 Å². The molecule has 0 aliphatic rings. The minimum absolute atomic E-state index is 0.548. The predicted octanol–water partition coefficient (Wildman–Crippen LogP) is 1.27. The largest absolute Gasteiger partial charge is 0.324 e. The molecule has 0 aliphatic heterocycles. The molecule has 1 aromatic rings. The summed E-state index contributed by atoms with van der Waals surface area (Å²) in [6, 6.07) is 7.98. The number of aliphatic imine (C=N–C) groups is 1. The van der Waals surface area contributed by atoms with E-state index in [2.05, 4.69) is 15.7 Å². The molecule has 0 amide bonds. The number of hydrogen-bond donors (Lipinski definition) is 3. The van der Waals surface area contributed by atoms with Crippen molar-refractivity contribution >= 4 is 23.4 Å². The molecule has 0 spiro atoms. The third-order valence-electron chi connectivity index (χ3n) is 1.72. The number of guanidine groups is 1. The van der Waals surface area contributed by atoms with E-state index in [1.54, 1.807) is 18.8 Å². The van der Waals surface area contributed by atoms with Crippen molar-refractivity contribution in [2.45, 2.75) is 4.90 Å². The van der Waals surface area contributed by atoms with Gasteiger partial charge in [-0.2, -0.15) is 0 Å². The number of hydrogen-bond acceptors (Lipinski definition) is 3. The predicted molar refractivity (Wildman–Crippen MR) is 62.5 cm³/mol. The van der Waals surface area contributed by atoms with Gasteiger partial charge in [0.25, 0.3) is 0 Å². The second kappa shape index (κ2) is 5.51. The molecular formula is C9H14N4S. The summed E-state index contributed by atoms with van der Waals surface area (Å²) in [5.74, 6) is 5.82. The summed E-state index contributed by atoms with van der Waals surface area (Å²) in [4.78, 5) is 5.09. The zero-order valence-corrected chi connectivity index (χ0v) is 9.06. The highest BCUT2D eigenvalue weighted by atomic mass is 32.2. The van der Waals surface area contributed by atoms with E-state index in [1.165, 1.54) is 0 Å². The molecule has 5 heteroatoms. The van der Waals surface area contributed by atoms with E-state index in [1.807, 2.05) is 30.5 Å². The van der Waals surface area contributed by atoms with Gasteiger partial charge in [0, 0.05) is 11.9 Å². The highest BCUT2D eigenvalue weighted by Gasteiger charge is 2.01. The molecule has 0 saturated carbocycles. The molecule has 0 saturated heterocycles. The van der Waals surface area contributed by atoms with Crippen molar-refractivity contribution in [3.05, 3.63) is 24.3 Å². The fraction of sp³-hybridized carbons (Fsp3) is 0.222. The highest BCUT2D eigenvalue weighted by Crippen LogP contribution is 2.24. The van der Waals surface area contributed by atoms with Gasteiger partial charge in [-0.3, -0.25) is 10.4 Å².